The summed E-state index contributed by atoms with van der Waals surface area (Å²) >= 11 is 0. The number of unbranched alkanes of at least 4 members (excludes halogenated alkanes) is 1. The Morgan fingerprint density at radius 3 is 2.71 bits per heavy atom. The number of anilines is 2. The van der Waals surface area contributed by atoms with E-state index < -0.39 is 7.60 Å². The molecule has 12 heteroatoms. The summed E-state index contributed by atoms with van der Waals surface area (Å²) < 4.78 is 29.7. The van der Waals surface area contributed by atoms with Crippen molar-refractivity contribution in [1.29, 1.82) is 0 Å². The zero-order valence-electron chi connectivity index (χ0n) is 19.9. The number of fused-ring (bicyclic) bond motifs is 1. The second-order valence-corrected chi connectivity index (χ2v) is 9.59. The van der Waals surface area contributed by atoms with Crippen molar-refractivity contribution < 1.29 is 23.5 Å². The van der Waals surface area contributed by atoms with Crippen LogP contribution in [0.4, 0.5) is 11.8 Å². The van der Waals surface area contributed by atoms with E-state index in [2.05, 4.69) is 27.2 Å². The Morgan fingerprint density at radius 1 is 1.18 bits per heavy atom. The van der Waals surface area contributed by atoms with Crippen molar-refractivity contribution >= 4 is 30.5 Å². The highest BCUT2D eigenvalue weighted by atomic mass is 31.2. The fourth-order valence-corrected chi connectivity index (χ4v) is 4.58. The van der Waals surface area contributed by atoms with E-state index >= 15 is 0 Å². The van der Waals surface area contributed by atoms with Crippen molar-refractivity contribution in [2.24, 2.45) is 0 Å². The molecular formula is C22H33N6O5P. The van der Waals surface area contributed by atoms with Gasteiger partial charge in [0.2, 0.25) is 5.95 Å². The lowest BCUT2D eigenvalue weighted by atomic mass is 10.1. The number of rotatable bonds is 14. The van der Waals surface area contributed by atoms with Crippen LogP contribution in [0.5, 0.6) is 6.01 Å². The van der Waals surface area contributed by atoms with Crippen LogP contribution in [0.2, 0.25) is 0 Å². The highest BCUT2D eigenvalue weighted by molar-refractivity contribution is 7.51. The molecule has 0 bridgehead atoms. The molecule has 0 spiro atoms. The zero-order valence-corrected chi connectivity index (χ0v) is 20.8. The fraction of sp³-hybridized carbons (Fsp3) is 0.500. The Labute approximate surface area is 199 Å². The molecule has 0 aliphatic heterocycles. The van der Waals surface area contributed by atoms with Crippen LogP contribution < -0.4 is 15.8 Å². The molecule has 0 saturated carbocycles. The molecule has 3 aromatic rings. The van der Waals surface area contributed by atoms with Gasteiger partial charge in [-0.1, -0.05) is 37.6 Å². The van der Waals surface area contributed by atoms with Crippen molar-refractivity contribution in [2.75, 3.05) is 44.5 Å². The van der Waals surface area contributed by atoms with Gasteiger partial charge in [-0.05, 0) is 24.5 Å². The predicted octanol–water partition coefficient (Wildman–Crippen LogP) is 3.42. The van der Waals surface area contributed by atoms with Gasteiger partial charge in [0, 0.05) is 13.7 Å². The number of hydrogen-bond acceptors (Lipinski definition) is 9. The van der Waals surface area contributed by atoms with Crippen LogP contribution in [0.15, 0.2) is 24.3 Å². The number of ether oxygens (including phenoxy) is 2. The van der Waals surface area contributed by atoms with Crippen LogP contribution in [0.25, 0.3) is 11.2 Å². The maximum atomic E-state index is 12.2. The highest BCUT2D eigenvalue weighted by Gasteiger charge is 2.20. The topological polar surface area (TPSA) is 147 Å². The largest absolute Gasteiger partial charge is 0.461 e. The molecule has 1 aromatic carbocycles. The van der Waals surface area contributed by atoms with Crippen molar-refractivity contribution in [3.63, 3.8) is 0 Å². The number of nitrogens with zero attached hydrogens (tertiary/aromatic N) is 4. The van der Waals surface area contributed by atoms with Gasteiger partial charge in [-0.25, -0.2) is 4.98 Å². The maximum Gasteiger partial charge on any atom is 0.332 e. The first-order chi connectivity index (χ1) is 16.4. The lowest BCUT2D eigenvalue weighted by Crippen LogP contribution is -2.11. The van der Waals surface area contributed by atoms with Gasteiger partial charge in [-0.2, -0.15) is 9.97 Å². The second kappa shape index (κ2) is 12.1. The predicted molar refractivity (Wildman–Crippen MR) is 131 cm³/mol. The Balaban J connectivity index is 1.96. The smallest absolute Gasteiger partial charge is 0.332 e. The number of nitrogen functional groups attached to an aromatic ring is 1. The minimum Gasteiger partial charge on any atom is -0.461 e. The van der Waals surface area contributed by atoms with E-state index in [1.54, 1.807) is 20.1 Å². The first-order valence-corrected chi connectivity index (χ1v) is 13.1. The van der Waals surface area contributed by atoms with Crippen LogP contribution in [0, 0.1) is 0 Å². The van der Waals surface area contributed by atoms with Crippen LogP contribution in [0.3, 0.4) is 0 Å². The van der Waals surface area contributed by atoms with Crippen molar-refractivity contribution in [3.8, 4) is 6.01 Å². The van der Waals surface area contributed by atoms with E-state index in [-0.39, 0.29) is 24.6 Å². The number of nitrogens with two attached hydrogens (primary N) is 1. The van der Waals surface area contributed by atoms with Crippen molar-refractivity contribution in [3.05, 3.63) is 35.4 Å². The molecule has 186 valence electrons. The molecule has 1 unspecified atom stereocenters. The molecule has 1 atom stereocenters. The summed E-state index contributed by atoms with van der Waals surface area (Å²) in [5.74, 6) is 0.840. The lowest BCUT2D eigenvalue weighted by molar-refractivity contribution is 0.141. The summed E-state index contributed by atoms with van der Waals surface area (Å²) in [7, 11) is -2.11. The van der Waals surface area contributed by atoms with Gasteiger partial charge in [0.25, 0.3) is 0 Å². The van der Waals surface area contributed by atoms with Crippen molar-refractivity contribution in [2.45, 2.75) is 39.4 Å². The third-order valence-corrected chi connectivity index (χ3v) is 6.40. The van der Waals surface area contributed by atoms with Crippen LogP contribution in [-0.4, -0.2) is 57.9 Å². The number of methoxy groups -OCH3 is 1. The van der Waals surface area contributed by atoms with Gasteiger partial charge < -0.3 is 29.9 Å². The zero-order chi connectivity index (χ0) is 24.6. The van der Waals surface area contributed by atoms with E-state index in [0.717, 1.165) is 24.9 Å². The highest BCUT2D eigenvalue weighted by Crippen LogP contribution is 2.45. The second-order valence-electron chi connectivity index (χ2n) is 7.74. The molecule has 3 rings (SSSR count). The van der Waals surface area contributed by atoms with Crippen LogP contribution in [0.1, 0.15) is 37.8 Å². The monoisotopic (exact) mass is 492 g/mol. The minimum absolute atomic E-state index is 0.0619. The van der Waals surface area contributed by atoms with Crippen LogP contribution >= 0.6 is 7.60 Å². The number of hydrogen-bond donors (Lipinski definition) is 3. The summed E-state index contributed by atoms with van der Waals surface area (Å²) in [4.78, 5) is 23.4. The summed E-state index contributed by atoms with van der Waals surface area (Å²) in [6.07, 6.45) is 1.96. The molecule has 2 heterocycles. The van der Waals surface area contributed by atoms with E-state index in [4.69, 9.17) is 19.7 Å². The molecule has 34 heavy (non-hydrogen) atoms. The molecular weight excluding hydrogens is 459 g/mol. The number of imidazole rings is 1. The Morgan fingerprint density at radius 2 is 1.97 bits per heavy atom. The molecule has 2 aromatic heterocycles. The van der Waals surface area contributed by atoms with E-state index in [1.807, 2.05) is 22.8 Å². The van der Waals surface area contributed by atoms with Gasteiger partial charge in [0.1, 0.15) is 6.61 Å². The third-order valence-electron chi connectivity index (χ3n) is 4.98. The van der Waals surface area contributed by atoms with Gasteiger partial charge in [0.05, 0.1) is 25.9 Å². The first-order valence-electron chi connectivity index (χ1n) is 11.3. The molecule has 0 aliphatic carbocycles. The minimum atomic E-state index is -3.69. The molecule has 0 amide bonds. The lowest BCUT2D eigenvalue weighted by Gasteiger charge is -2.13. The Hall–Kier alpha value is -2.72. The van der Waals surface area contributed by atoms with Gasteiger partial charge >= 0.3 is 13.6 Å². The van der Waals surface area contributed by atoms with Crippen molar-refractivity contribution in [1.82, 2.24) is 19.5 Å². The average molecular weight is 493 g/mol. The normalized spacial score (nSPS) is 13.2. The molecule has 0 saturated heterocycles. The molecule has 0 aliphatic rings. The number of nitrogens with one attached hydrogen (secondary N) is 1. The molecule has 0 fully saturated rings. The number of benzene rings is 1. The average Bonchev–Trinajstić information content (AvgIpc) is 3.12. The van der Waals surface area contributed by atoms with Gasteiger partial charge in [0.15, 0.2) is 17.0 Å². The molecule has 0 radical (unpaired) electrons. The Bertz CT molecular complexity index is 1140. The maximum absolute atomic E-state index is 12.2. The third kappa shape index (κ3) is 6.89. The fourth-order valence-electron chi connectivity index (χ4n) is 3.43. The first kappa shape index (κ1) is 25.9. The molecule has 11 nitrogen and oxygen atoms in total. The Kier molecular flexibility index (Phi) is 9.23. The number of aromatic nitrogens is 4. The quantitative estimate of drug-likeness (QED) is 0.226. The summed E-state index contributed by atoms with van der Waals surface area (Å²) in [6.45, 7) is 5.83. The standard InChI is InChI=1S/C22H33N6O5P/c1-4-6-10-24-21-25-18-19(23)26-22(32-12-11-31-3)27-20(18)28(21)14-16-8-7-9-17(13-16)15-34(29,30)33-5-2/h7-9,13H,4-6,10-12,14-15H2,1-3H3,(H,24,25)(H,29,30)(H2,23,26,27). The van der Waals surface area contributed by atoms with Gasteiger partial charge in [-0.15, -0.1) is 0 Å². The molecule has 4 N–H and O–H groups in total. The summed E-state index contributed by atoms with van der Waals surface area (Å²) in [6, 6.07) is 7.62. The van der Waals surface area contributed by atoms with E-state index in [9.17, 15) is 9.46 Å². The summed E-state index contributed by atoms with van der Waals surface area (Å²) in [5, 5.41) is 3.36. The van der Waals surface area contributed by atoms with Gasteiger partial charge in [-0.3, -0.25) is 9.13 Å². The van der Waals surface area contributed by atoms with E-state index in [1.165, 1.54) is 0 Å². The van der Waals surface area contributed by atoms with Crippen LogP contribution in [-0.2, 0) is 26.5 Å². The summed E-state index contributed by atoms with van der Waals surface area (Å²) in [5.41, 5.74) is 8.80. The van der Waals surface area contributed by atoms with E-state index in [0.29, 0.717) is 42.4 Å². The SMILES string of the molecule is CCCCNc1nc2c(N)nc(OCCOC)nc2n1Cc1cccc(CP(=O)(O)OCC)c1.